The van der Waals surface area contributed by atoms with Crippen molar-refractivity contribution in [3.8, 4) is 0 Å². The smallest absolute Gasteiger partial charge is 0.338 e. The van der Waals surface area contributed by atoms with Crippen LogP contribution in [0.5, 0.6) is 0 Å². The van der Waals surface area contributed by atoms with Gasteiger partial charge in [-0.15, -0.1) is 0 Å². The molecule has 0 saturated heterocycles. The van der Waals surface area contributed by atoms with Crippen LogP contribution in [0.2, 0.25) is 0 Å². The highest BCUT2D eigenvalue weighted by Gasteiger charge is 2.33. The van der Waals surface area contributed by atoms with E-state index in [1.165, 1.54) is 18.4 Å². The number of esters is 1. The number of thiazole rings is 1. The molecule has 0 saturated carbocycles. The van der Waals surface area contributed by atoms with Crippen molar-refractivity contribution in [3.63, 3.8) is 0 Å². The van der Waals surface area contributed by atoms with Gasteiger partial charge in [0.05, 0.1) is 35.2 Å². The van der Waals surface area contributed by atoms with Crippen LogP contribution in [0.4, 0.5) is 5.69 Å². The van der Waals surface area contributed by atoms with E-state index in [1.54, 1.807) is 22.4 Å². The number of hydrogen-bond donors (Lipinski definition) is 0. The molecule has 0 spiro atoms. The number of ether oxygens (including phenoxy) is 1. The molecule has 3 heterocycles. The van der Waals surface area contributed by atoms with Gasteiger partial charge in [-0.25, -0.2) is 9.79 Å². The molecule has 1 aliphatic heterocycles. The number of aromatic nitrogens is 3. The van der Waals surface area contributed by atoms with E-state index < -0.39 is 12.0 Å². The van der Waals surface area contributed by atoms with Crippen LogP contribution in [0.3, 0.4) is 0 Å². The van der Waals surface area contributed by atoms with Crippen molar-refractivity contribution >= 4 is 29.1 Å². The van der Waals surface area contributed by atoms with E-state index in [2.05, 4.69) is 10.1 Å². The highest BCUT2D eigenvalue weighted by Crippen LogP contribution is 2.31. The summed E-state index contributed by atoms with van der Waals surface area (Å²) in [5, 5.41) is 4.25. The molecule has 1 atom stereocenters. The topological polar surface area (TPSA) is 81.7 Å². The quantitative estimate of drug-likeness (QED) is 0.562. The first-order valence-electron chi connectivity index (χ1n) is 10.1. The van der Waals surface area contributed by atoms with Crippen LogP contribution in [-0.4, -0.2) is 41.5 Å². The third-order valence-electron chi connectivity index (χ3n) is 5.71. The van der Waals surface area contributed by atoms with Crippen LogP contribution in [0.25, 0.3) is 6.08 Å². The Morgan fingerprint density at radius 1 is 1.22 bits per heavy atom. The van der Waals surface area contributed by atoms with Gasteiger partial charge in [0.25, 0.3) is 5.56 Å². The summed E-state index contributed by atoms with van der Waals surface area (Å²) in [6.07, 6.45) is 3.56. The molecule has 3 aromatic rings. The van der Waals surface area contributed by atoms with Gasteiger partial charge in [0.1, 0.15) is 0 Å². The van der Waals surface area contributed by atoms with Crippen LogP contribution >= 0.6 is 11.3 Å². The number of methoxy groups -OCH3 is 1. The van der Waals surface area contributed by atoms with Gasteiger partial charge >= 0.3 is 5.97 Å². The third kappa shape index (κ3) is 3.58. The Hall–Kier alpha value is -3.46. The predicted molar refractivity (Wildman–Crippen MR) is 124 cm³/mol. The Morgan fingerprint density at radius 2 is 1.91 bits per heavy atom. The molecule has 4 rings (SSSR count). The first kappa shape index (κ1) is 21.8. The zero-order valence-corrected chi connectivity index (χ0v) is 19.7. The molecule has 0 fully saturated rings. The molecule has 8 nitrogen and oxygen atoms in total. The van der Waals surface area contributed by atoms with Gasteiger partial charge < -0.3 is 9.64 Å². The SMILES string of the molecule is COC(=O)C1=C(C)N=c2sc(=Cc3cnn(C)c3C)c(=O)n2[C@H]1c1ccc(N(C)C)cc1. The molecule has 0 N–H and O–H groups in total. The van der Waals surface area contributed by atoms with E-state index in [9.17, 15) is 9.59 Å². The largest absolute Gasteiger partial charge is 0.466 e. The number of anilines is 1. The standard InChI is InChI=1S/C23H25N5O3S/c1-13-19(22(30)31-6)20(15-7-9-17(10-8-15)26(3)4)28-21(29)18(32-23(28)25-13)11-16-12-24-27(5)14(16)2/h7-12,20H,1-6H3/t20-/m0/s1. The van der Waals surface area contributed by atoms with Crippen LogP contribution < -0.4 is 19.8 Å². The summed E-state index contributed by atoms with van der Waals surface area (Å²) in [6.45, 7) is 3.72. The van der Waals surface area contributed by atoms with Crippen molar-refractivity contribution in [2.24, 2.45) is 12.0 Å². The van der Waals surface area contributed by atoms with Crippen molar-refractivity contribution < 1.29 is 9.53 Å². The van der Waals surface area contributed by atoms with Crippen molar-refractivity contribution in [1.29, 1.82) is 0 Å². The molecular formula is C23H25N5O3S. The molecule has 0 aliphatic carbocycles. The van der Waals surface area contributed by atoms with Crippen molar-refractivity contribution in [2.75, 3.05) is 26.1 Å². The number of aryl methyl sites for hydroxylation is 1. The lowest BCUT2D eigenvalue weighted by Crippen LogP contribution is -2.39. The number of fused-ring (bicyclic) bond motifs is 1. The average Bonchev–Trinajstić information content (AvgIpc) is 3.25. The monoisotopic (exact) mass is 451 g/mol. The van der Waals surface area contributed by atoms with Crippen LogP contribution in [-0.2, 0) is 16.6 Å². The zero-order valence-electron chi connectivity index (χ0n) is 18.9. The van der Waals surface area contributed by atoms with Crippen molar-refractivity contribution in [3.05, 3.63) is 78.2 Å². The Morgan fingerprint density at radius 3 is 2.47 bits per heavy atom. The molecule has 166 valence electrons. The minimum atomic E-state index is -0.618. The second-order valence-electron chi connectivity index (χ2n) is 7.87. The van der Waals surface area contributed by atoms with Gasteiger partial charge in [-0.1, -0.05) is 23.5 Å². The summed E-state index contributed by atoms with van der Waals surface area (Å²) in [6, 6.07) is 7.18. The summed E-state index contributed by atoms with van der Waals surface area (Å²) in [7, 11) is 7.12. The molecule has 0 radical (unpaired) electrons. The van der Waals surface area contributed by atoms with Crippen molar-refractivity contribution in [2.45, 2.75) is 19.9 Å². The van der Waals surface area contributed by atoms with E-state index in [0.29, 0.717) is 20.6 Å². The Labute approximate surface area is 189 Å². The lowest BCUT2D eigenvalue weighted by molar-refractivity contribution is -0.136. The molecule has 32 heavy (non-hydrogen) atoms. The first-order valence-corrected chi connectivity index (χ1v) is 10.9. The van der Waals surface area contributed by atoms with Crippen LogP contribution in [0.1, 0.15) is 29.8 Å². The minimum absolute atomic E-state index is 0.201. The minimum Gasteiger partial charge on any atom is -0.466 e. The first-order chi connectivity index (χ1) is 15.2. The van der Waals surface area contributed by atoms with E-state index in [1.807, 2.05) is 63.3 Å². The van der Waals surface area contributed by atoms with Crippen LogP contribution in [0, 0.1) is 6.92 Å². The summed E-state index contributed by atoms with van der Waals surface area (Å²) in [5.74, 6) is -0.495. The maximum atomic E-state index is 13.5. The molecule has 1 aliphatic rings. The third-order valence-corrected chi connectivity index (χ3v) is 6.69. The Balaban J connectivity index is 1.96. The highest BCUT2D eigenvalue weighted by molar-refractivity contribution is 7.07. The van der Waals surface area contributed by atoms with E-state index in [4.69, 9.17) is 4.74 Å². The van der Waals surface area contributed by atoms with E-state index in [-0.39, 0.29) is 5.56 Å². The molecule has 9 heteroatoms. The maximum absolute atomic E-state index is 13.5. The number of allylic oxidation sites excluding steroid dienone is 1. The van der Waals surface area contributed by atoms with Crippen LogP contribution in [0.15, 0.2) is 51.5 Å². The number of nitrogens with zero attached hydrogens (tertiary/aromatic N) is 5. The molecule has 1 aromatic carbocycles. The molecular weight excluding hydrogens is 426 g/mol. The van der Waals surface area contributed by atoms with Gasteiger partial charge in [-0.2, -0.15) is 5.10 Å². The Bertz CT molecular complexity index is 1410. The number of carbonyl (C=O) groups is 1. The lowest BCUT2D eigenvalue weighted by atomic mass is 9.95. The second kappa shape index (κ2) is 8.23. The summed E-state index contributed by atoms with van der Waals surface area (Å²) >= 11 is 1.30. The predicted octanol–water partition coefficient (Wildman–Crippen LogP) is 1.52. The van der Waals surface area contributed by atoms with Gasteiger partial charge in [0.2, 0.25) is 0 Å². The van der Waals surface area contributed by atoms with E-state index in [0.717, 1.165) is 22.5 Å². The fraction of sp³-hybridized carbons (Fsp3) is 0.304. The van der Waals surface area contributed by atoms with Gasteiger partial charge in [0.15, 0.2) is 4.80 Å². The summed E-state index contributed by atoms with van der Waals surface area (Å²) in [4.78, 5) is 33.4. The fourth-order valence-electron chi connectivity index (χ4n) is 3.76. The maximum Gasteiger partial charge on any atom is 0.338 e. The molecule has 2 aromatic heterocycles. The molecule has 0 unspecified atom stereocenters. The normalized spacial score (nSPS) is 16.1. The van der Waals surface area contributed by atoms with Gasteiger partial charge in [0, 0.05) is 38.1 Å². The van der Waals surface area contributed by atoms with Crippen molar-refractivity contribution in [1.82, 2.24) is 14.3 Å². The average molecular weight is 452 g/mol. The van der Waals surface area contributed by atoms with Gasteiger partial charge in [-0.05, 0) is 37.6 Å². The van der Waals surface area contributed by atoms with Gasteiger partial charge in [-0.3, -0.25) is 14.0 Å². The molecule has 0 bridgehead atoms. The highest BCUT2D eigenvalue weighted by atomic mass is 32.1. The number of hydrogen-bond acceptors (Lipinski definition) is 7. The Kier molecular flexibility index (Phi) is 5.60. The summed E-state index contributed by atoms with van der Waals surface area (Å²) in [5.41, 5.74) is 4.37. The number of rotatable bonds is 4. The van der Waals surface area contributed by atoms with E-state index >= 15 is 0 Å². The number of benzene rings is 1. The fourth-order valence-corrected chi connectivity index (χ4v) is 4.80. The second-order valence-corrected chi connectivity index (χ2v) is 8.88. The lowest BCUT2D eigenvalue weighted by Gasteiger charge is -2.25. The molecule has 0 amide bonds. The number of carbonyl (C=O) groups excluding carboxylic acids is 1. The summed E-state index contributed by atoms with van der Waals surface area (Å²) < 4.78 is 8.94. The zero-order chi connectivity index (χ0) is 23.2.